The Hall–Kier alpha value is -1.33. The van der Waals surface area contributed by atoms with Crippen molar-refractivity contribution < 1.29 is 0 Å². The number of hydrogen-bond donors (Lipinski definition) is 0. The summed E-state index contributed by atoms with van der Waals surface area (Å²) < 4.78 is 1.04. The van der Waals surface area contributed by atoms with E-state index < -0.39 is 0 Å². The normalized spacial score (nSPS) is 23.4. The maximum absolute atomic E-state index is 8.55. The molecule has 0 aliphatic heterocycles. The monoisotopic (exact) mass is 345 g/mol. The molecule has 1 aliphatic carbocycles. The van der Waals surface area contributed by atoms with E-state index in [4.69, 9.17) is 5.26 Å². The van der Waals surface area contributed by atoms with Crippen LogP contribution in [0.3, 0.4) is 0 Å². The quantitative estimate of drug-likeness (QED) is 0.336. The van der Waals surface area contributed by atoms with Gasteiger partial charge < -0.3 is 0 Å². The third-order valence-corrected chi connectivity index (χ3v) is 4.47. The second-order valence-electron chi connectivity index (χ2n) is 6.24. The van der Waals surface area contributed by atoms with Gasteiger partial charge in [-0.05, 0) is 43.8 Å². The Morgan fingerprint density at radius 3 is 2.76 bits per heavy atom. The standard InChI is InChI=1S/C19H24BrN/c1-15(12-14-21)7-5-9-17(20)10-11-18-16(2)8-6-13-19(18,3)4/h5,7-12,18H,6,13H2,1-4H3/b7-5+,11-10+,15-12+,17-9-. The predicted molar refractivity (Wildman–Crippen MR) is 94.9 cm³/mol. The van der Waals surface area contributed by atoms with Crippen molar-refractivity contribution in [3.05, 3.63) is 58.2 Å². The van der Waals surface area contributed by atoms with Crippen molar-refractivity contribution >= 4 is 15.9 Å². The zero-order valence-electron chi connectivity index (χ0n) is 13.4. The average Bonchev–Trinajstić information content (AvgIpc) is 2.37. The maximum Gasteiger partial charge on any atom is 0.0914 e. The highest BCUT2D eigenvalue weighted by atomic mass is 79.9. The first kappa shape index (κ1) is 17.7. The third-order valence-electron chi connectivity index (χ3n) is 3.94. The zero-order valence-corrected chi connectivity index (χ0v) is 14.9. The fourth-order valence-corrected chi connectivity index (χ4v) is 2.97. The molecule has 1 unspecified atom stereocenters. The van der Waals surface area contributed by atoms with Crippen molar-refractivity contribution in [2.24, 2.45) is 11.3 Å². The van der Waals surface area contributed by atoms with Gasteiger partial charge >= 0.3 is 0 Å². The summed E-state index contributed by atoms with van der Waals surface area (Å²) in [5.74, 6) is 0.497. The molecule has 0 heterocycles. The van der Waals surface area contributed by atoms with Crippen LogP contribution < -0.4 is 0 Å². The summed E-state index contributed by atoms with van der Waals surface area (Å²) in [5.41, 5.74) is 2.74. The number of nitriles is 1. The second kappa shape index (κ2) is 8.20. The lowest BCUT2D eigenvalue weighted by Crippen LogP contribution is -2.26. The molecule has 0 aromatic carbocycles. The van der Waals surface area contributed by atoms with Crippen molar-refractivity contribution in [2.75, 3.05) is 0 Å². The van der Waals surface area contributed by atoms with E-state index in [-0.39, 0.29) is 0 Å². The first-order valence-electron chi connectivity index (χ1n) is 7.32. The highest BCUT2D eigenvalue weighted by Crippen LogP contribution is 2.41. The van der Waals surface area contributed by atoms with E-state index >= 15 is 0 Å². The molecule has 0 radical (unpaired) electrons. The Morgan fingerprint density at radius 2 is 2.14 bits per heavy atom. The molecule has 1 atom stereocenters. The Morgan fingerprint density at radius 1 is 1.43 bits per heavy atom. The number of hydrogen-bond acceptors (Lipinski definition) is 1. The third kappa shape index (κ3) is 5.89. The molecule has 21 heavy (non-hydrogen) atoms. The van der Waals surface area contributed by atoms with Crippen molar-refractivity contribution in [3.8, 4) is 6.07 Å². The van der Waals surface area contributed by atoms with Gasteiger partial charge in [-0.1, -0.05) is 65.7 Å². The summed E-state index contributed by atoms with van der Waals surface area (Å²) in [6.45, 7) is 8.82. The van der Waals surface area contributed by atoms with Crippen molar-refractivity contribution in [1.82, 2.24) is 0 Å². The lowest BCUT2D eigenvalue weighted by Gasteiger charge is -2.36. The first-order valence-corrected chi connectivity index (χ1v) is 8.11. The van der Waals surface area contributed by atoms with Gasteiger partial charge in [-0.25, -0.2) is 0 Å². The summed E-state index contributed by atoms with van der Waals surface area (Å²) in [7, 11) is 0. The molecular formula is C19H24BrN. The van der Waals surface area contributed by atoms with Crippen LogP contribution in [0.2, 0.25) is 0 Å². The van der Waals surface area contributed by atoms with Crippen LogP contribution in [-0.2, 0) is 0 Å². The molecule has 0 amide bonds. The molecule has 1 rings (SSSR count). The van der Waals surface area contributed by atoms with Crippen LogP contribution >= 0.6 is 15.9 Å². The number of halogens is 1. The van der Waals surface area contributed by atoms with Gasteiger partial charge in [-0.3, -0.25) is 0 Å². The van der Waals surface area contributed by atoms with Crippen LogP contribution in [0.25, 0.3) is 0 Å². The smallest absolute Gasteiger partial charge is 0.0914 e. The maximum atomic E-state index is 8.55. The van der Waals surface area contributed by atoms with E-state index in [0.717, 1.165) is 10.1 Å². The van der Waals surface area contributed by atoms with Gasteiger partial charge in [0.15, 0.2) is 0 Å². The van der Waals surface area contributed by atoms with Crippen molar-refractivity contribution in [3.63, 3.8) is 0 Å². The molecule has 0 aromatic heterocycles. The molecular weight excluding hydrogens is 322 g/mol. The summed E-state index contributed by atoms with van der Waals surface area (Å²) in [4.78, 5) is 0. The van der Waals surface area contributed by atoms with Crippen molar-refractivity contribution in [1.29, 1.82) is 5.26 Å². The zero-order chi connectivity index (χ0) is 15.9. The molecule has 1 nitrogen and oxygen atoms in total. The number of allylic oxidation sites excluding steroid dienone is 10. The second-order valence-corrected chi connectivity index (χ2v) is 7.16. The van der Waals surface area contributed by atoms with Gasteiger partial charge in [0.05, 0.1) is 6.07 Å². The lowest BCUT2D eigenvalue weighted by molar-refractivity contribution is 0.255. The van der Waals surface area contributed by atoms with Crippen LogP contribution in [-0.4, -0.2) is 0 Å². The van der Waals surface area contributed by atoms with E-state index in [0.29, 0.717) is 11.3 Å². The van der Waals surface area contributed by atoms with E-state index in [1.807, 2.05) is 31.2 Å². The van der Waals surface area contributed by atoms with Crippen LogP contribution in [0.5, 0.6) is 0 Å². The minimum absolute atomic E-state index is 0.324. The Kier molecular flexibility index (Phi) is 6.92. The molecule has 112 valence electrons. The highest BCUT2D eigenvalue weighted by molar-refractivity contribution is 9.11. The topological polar surface area (TPSA) is 23.8 Å². The summed E-state index contributed by atoms with van der Waals surface area (Å²) in [6, 6.07) is 2.02. The van der Waals surface area contributed by atoms with E-state index in [9.17, 15) is 0 Å². The summed E-state index contributed by atoms with van der Waals surface area (Å²) in [6.07, 6.45) is 16.6. The molecule has 0 fully saturated rings. The first-order chi connectivity index (χ1) is 9.86. The van der Waals surface area contributed by atoms with E-state index in [2.05, 4.69) is 54.9 Å². The summed E-state index contributed by atoms with van der Waals surface area (Å²) in [5, 5.41) is 8.55. The SMILES string of the molecule is CC1=CCCC(C)(C)C1/C=C/C(Br)=C/C=C/C(C)=C/C#N. The van der Waals surface area contributed by atoms with Gasteiger partial charge in [0.1, 0.15) is 0 Å². The van der Waals surface area contributed by atoms with Gasteiger partial charge in [0, 0.05) is 16.5 Å². The fraction of sp³-hybridized carbons (Fsp3) is 0.421. The van der Waals surface area contributed by atoms with Crippen LogP contribution in [0.1, 0.15) is 40.5 Å². The lowest BCUT2D eigenvalue weighted by atomic mass is 9.68. The predicted octanol–water partition coefficient (Wildman–Crippen LogP) is 6.23. The fourth-order valence-electron chi connectivity index (χ4n) is 2.67. The van der Waals surface area contributed by atoms with Crippen LogP contribution in [0.15, 0.2) is 58.2 Å². The molecule has 0 bridgehead atoms. The Balaban J connectivity index is 2.75. The minimum Gasteiger partial charge on any atom is -0.193 e. The molecule has 1 aliphatic rings. The molecule has 0 aromatic rings. The van der Waals surface area contributed by atoms with Crippen LogP contribution in [0, 0.1) is 22.7 Å². The summed E-state index contributed by atoms with van der Waals surface area (Å²) >= 11 is 3.57. The van der Waals surface area contributed by atoms with Gasteiger partial charge in [-0.15, -0.1) is 0 Å². The van der Waals surface area contributed by atoms with Crippen molar-refractivity contribution in [2.45, 2.75) is 40.5 Å². The molecule has 0 saturated heterocycles. The van der Waals surface area contributed by atoms with Gasteiger partial charge in [0.2, 0.25) is 0 Å². The molecule has 2 heteroatoms. The number of rotatable bonds is 4. The molecule has 0 N–H and O–H groups in total. The van der Waals surface area contributed by atoms with Crippen LogP contribution in [0.4, 0.5) is 0 Å². The van der Waals surface area contributed by atoms with E-state index in [1.54, 1.807) is 0 Å². The Bertz CT molecular complexity index is 551. The Labute approximate surface area is 137 Å². The van der Waals surface area contributed by atoms with E-state index in [1.165, 1.54) is 24.5 Å². The highest BCUT2D eigenvalue weighted by Gasteiger charge is 2.30. The molecule has 0 spiro atoms. The minimum atomic E-state index is 0.324. The number of nitrogens with zero attached hydrogens (tertiary/aromatic N) is 1. The largest absolute Gasteiger partial charge is 0.193 e. The average molecular weight is 346 g/mol. The molecule has 0 saturated carbocycles. The van der Waals surface area contributed by atoms with Gasteiger partial charge in [-0.2, -0.15) is 5.26 Å². The van der Waals surface area contributed by atoms with Gasteiger partial charge in [0.25, 0.3) is 0 Å².